The van der Waals surface area contributed by atoms with E-state index in [0.29, 0.717) is 0 Å². The van der Waals surface area contributed by atoms with E-state index in [-0.39, 0.29) is 0 Å². The Hall–Kier alpha value is -0.380. The van der Waals surface area contributed by atoms with Gasteiger partial charge in [-0.3, -0.25) is 0 Å². The Bertz CT molecular complexity index is 303. The lowest BCUT2D eigenvalue weighted by Gasteiger charge is -2.26. The van der Waals surface area contributed by atoms with Gasteiger partial charge in [0.15, 0.2) is 0 Å². The van der Waals surface area contributed by atoms with Crippen LogP contribution >= 0.6 is 23.4 Å². The quantitative estimate of drug-likeness (QED) is 0.651. The zero-order chi connectivity index (χ0) is 8.55. The number of benzene rings is 1. The molecule has 12 heavy (non-hydrogen) atoms. The van der Waals surface area contributed by atoms with Crippen molar-refractivity contribution in [2.45, 2.75) is 4.90 Å². The van der Waals surface area contributed by atoms with E-state index in [1.807, 2.05) is 18.2 Å². The maximum atomic E-state index is 5.85. The van der Waals surface area contributed by atoms with Crippen LogP contribution in [0.3, 0.4) is 0 Å². The molecule has 64 valence electrons. The van der Waals surface area contributed by atoms with Gasteiger partial charge in [-0.1, -0.05) is 11.6 Å². The van der Waals surface area contributed by atoms with Crippen molar-refractivity contribution in [2.24, 2.45) is 5.84 Å². The second-order valence-corrected chi connectivity index (χ2v) is 4.23. The molecule has 0 amide bonds. The summed E-state index contributed by atoms with van der Waals surface area (Å²) in [5.41, 5.74) is 1.08. The molecule has 0 aliphatic carbocycles. The molecule has 1 aliphatic rings. The molecule has 0 fully saturated rings. The molecule has 4 heteroatoms. The lowest BCUT2D eigenvalue weighted by atomic mass is 10.3. The highest BCUT2D eigenvalue weighted by atomic mass is 35.5. The van der Waals surface area contributed by atoms with Gasteiger partial charge in [0.25, 0.3) is 0 Å². The summed E-state index contributed by atoms with van der Waals surface area (Å²) in [5.74, 6) is 6.80. The third-order valence-corrected chi connectivity index (χ3v) is 3.08. The van der Waals surface area contributed by atoms with Crippen LogP contribution < -0.4 is 10.9 Å². The summed E-state index contributed by atoms with van der Waals surface area (Å²) in [6.45, 7) is 0.902. The highest BCUT2D eigenvalue weighted by Gasteiger charge is 2.14. The first-order chi connectivity index (χ1) is 5.77. The minimum Gasteiger partial charge on any atom is -0.309 e. The van der Waals surface area contributed by atoms with E-state index in [1.54, 1.807) is 16.8 Å². The molecule has 0 aromatic heterocycles. The highest BCUT2D eigenvalue weighted by molar-refractivity contribution is 7.99. The molecule has 0 saturated heterocycles. The summed E-state index contributed by atoms with van der Waals surface area (Å²) < 4.78 is 0. The highest BCUT2D eigenvalue weighted by Crippen LogP contribution is 2.34. The number of thioether (sulfide) groups is 1. The van der Waals surface area contributed by atoms with Gasteiger partial charge in [-0.25, -0.2) is 5.84 Å². The van der Waals surface area contributed by atoms with Crippen molar-refractivity contribution in [3.63, 3.8) is 0 Å². The van der Waals surface area contributed by atoms with E-state index in [0.717, 1.165) is 23.0 Å². The molecule has 0 unspecified atom stereocenters. The number of hydrazine groups is 1. The smallest absolute Gasteiger partial charge is 0.0654 e. The van der Waals surface area contributed by atoms with Crippen LogP contribution in [0.4, 0.5) is 5.69 Å². The van der Waals surface area contributed by atoms with E-state index >= 15 is 0 Å². The first-order valence-electron chi connectivity index (χ1n) is 3.72. The van der Waals surface area contributed by atoms with Crippen molar-refractivity contribution >= 4 is 29.1 Å². The van der Waals surface area contributed by atoms with Crippen LogP contribution in [0.25, 0.3) is 0 Å². The molecule has 1 aliphatic heterocycles. The summed E-state index contributed by atoms with van der Waals surface area (Å²) in [7, 11) is 0. The number of anilines is 1. The molecule has 2 rings (SSSR count). The van der Waals surface area contributed by atoms with Crippen molar-refractivity contribution in [2.75, 3.05) is 17.3 Å². The van der Waals surface area contributed by atoms with Gasteiger partial charge >= 0.3 is 0 Å². The minimum absolute atomic E-state index is 0.775. The van der Waals surface area contributed by atoms with E-state index < -0.39 is 0 Å². The summed E-state index contributed by atoms with van der Waals surface area (Å²) >= 11 is 7.65. The standard InChI is InChI=1S/C8H9ClN2S/c9-6-1-2-7-8(5-6)12-4-3-11(7)10/h1-2,5H,3-4,10H2. The number of hydrogen-bond donors (Lipinski definition) is 1. The predicted octanol–water partition coefficient (Wildman–Crippen LogP) is 2.13. The molecular weight excluding hydrogens is 192 g/mol. The van der Waals surface area contributed by atoms with Gasteiger partial charge in [-0.2, -0.15) is 0 Å². The van der Waals surface area contributed by atoms with Crippen molar-refractivity contribution in [1.82, 2.24) is 0 Å². The van der Waals surface area contributed by atoms with Crippen molar-refractivity contribution in [3.05, 3.63) is 23.2 Å². The average Bonchev–Trinajstić information content (AvgIpc) is 2.04. The maximum absolute atomic E-state index is 5.85. The Balaban J connectivity index is 2.46. The summed E-state index contributed by atoms with van der Waals surface area (Å²) in [4.78, 5) is 1.18. The number of halogens is 1. The van der Waals surface area contributed by atoms with Crippen molar-refractivity contribution in [1.29, 1.82) is 0 Å². The van der Waals surface area contributed by atoms with Crippen LogP contribution in [-0.4, -0.2) is 12.3 Å². The van der Waals surface area contributed by atoms with Gasteiger partial charge in [0.1, 0.15) is 0 Å². The number of nitrogens with two attached hydrogens (primary N) is 1. The van der Waals surface area contributed by atoms with Gasteiger partial charge in [0.05, 0.1) is 5.69 Å². The lowest BCUT2D eigenvalue weighted by Crippen LogP contribution is -2.35. The van der Waals surface area contributed by atoms with Gasteiger partial charge in [0.2, 0.25) is 0 Å². The summed E-state index contributed by atoms with van der Waals surface area (Å²) in [5, 5.41) is 2.54. The number of nitrogens with zero attached hydrogens (tertiary/aromatic N) is 1. The Labute approximate surface area is 80.7 Å². The van der Waals surface area contributed by atoms with Gasteiger partial charge < -0.3 is 5.01 Å². The number of fused-ring (bicyclic) bond motifs is 1. The van der Waals surface area contributed by atoms with Crippen LogP contribution in [0.2, 0.25) is 5.02 Å². The third-order valence-electron chi connectivity index (χ3n) is 1.82. The average molecular weight is 201 g/mol. The summed E-state index contributed by atoms with van der Waals surface area (Å²) in [6.07, 6.45) is 0. The topological polar surface area (TPSA) is 29.3 Å². The molecule has 0 radical (unpaired) electrons. The SMILES string of the molecule is NN1CCSc2cc(Cl)ccc21. The van der Waals surface area contributed by atoms with Crippen molar-refractivity contribution < 1.29 is 0 Å². The van der Waals surface area contributed by atoms with Gasteiger partial charge in [0, 0.05) is 22.2 Å². The number of hydrogen-bond acceptors (Lipinski definition) is 3. The molecule has 0 atom stereocenters. The van der Waals surface area contributed by atoms with Crippen LogP contribution in [0.15, 0.2) is 23.1 Å². The molecular formula is C8H9ClN2S. The normalized spacial score (nSPS) is 16.0. The maximum Gasteiger partial charge on any atom is 0.0654 e. The zero-order valence-electron chi connectivity index (χ0n) is 6.46. The minimum atomic E-state index is 0.775. The molecule has 1 aromatic rings. The monoisotopic (exact) mass is 200 g/mol. The molecule has 1 heterocycles. The largest absolute Gasteiger partial charge is 0.309 e. The van der Waals surface area contributed by atoms with Gasteiger partial charge in [-0.15, -0.1) is 11.8 Å². The molecule has 1 aromatic carbocycles. The fourth-order valence-electron chi connectivity index (χ4n) is 1.22. The second-order valence-electron chi connectivity index (χ2n) is 2.65. The number of rotatable bonds is 0. The fraction of sp³-hybridized carbons (Fsp3) is 0.250. The Kier molecular flexibility index (Phi) is 2.17. The third kappa shape index (κ3) is 1.40. The summed E-state index contributed by atoms with van der Waals surface area (Å²) in [6, 6.07) is 5.79. The fourth-order valence-corrected chi connectivity index (χ4v) is 2.50. The Morgan fingerprint density at radius 1 is 1.50 bits per heavy atom. The van der Waals surface area contributed by atoms with Crippen LogP contribution in [-0.2, 0) is 0 Å². The first kappa shape index (κ1) is 8.23. The van der Waals surface area contributed by atoms with E-state index in [1.165, 1.54) is 4.90 Å². The van der Waals surface area contributed by atoms with Crippen LogP contribution in [0, 0.1) is 0 Å². The lowest BCUT2D eigenvalue weighted by molar-refractivity contribution is 0.873. The molecule has 0 saturated carbocycles. The Morgan fingerprint density at radius 2 is 2.33 bits per heavy atom. The molecule has 2 nitrogen and oxygen atoms in total. The first-order valence-corrected chi connectivity index (χ1v) is 5.08. The van der Waals surface area contributed by atoms with Crippen LogP contribution in [0.1, 0.15) is 0 Å². The molecule has 2 N–H and O–H groups in total. The predicted molar refractivity (Wildman–Crippen MR) is 53.7 cm³/mol. The van der Waals surface area contributed by atoms with E-state index in [2.05, 4.69) is 0 Å². The molecule has 0 bridgehead atoms. The molecule has 0 spiro atoms. The van der Waals surface area contributed by atoms with E-state index in [9.17, 15) is 0 Å². The van der Waals surface area contributed by atoms with E-state index in [4.69, 9.17) is 17.4 Å². The van der Waals surface area contributed by atoms with Gasteiger partial charge in [-0.05, 0) is 18.2 Å². The zero-order valence-corrected chi connectivity index (χ0v) is 8.03. The Morgan fingerprint density at radius 3 is 3.17 bits per heavy atom. The van der Waals surface area contributed by atoms with Crippen LogP contribution in [0.5, 0.6) is 0 Å². The van der Waals surface area contributed by atoms with Crippen molar-refractivity contribution in [3.8, 4) is 0 Å². The second kappa shape index (κ2) is 3.17.